The monoisotopic (exact) mass is 358 g/mol. The van der Waals surface area contributed by atoms with Crippen molar-refractivity contribution in [3.05, 3.63) is 52.5 Å². The number of ether oxygens (including phenoxy) is 1. The second-order valence-electron chi connectivity index (χ2n) is 7.15. The molecule has 132 valence electrons. The van der Waals surface area contributed by atoms with E-state index in [0.29, 0.717) is 0 Å². The molecule has 2 aromatic carbocycles. The van der Waals surface area contributed by atoms with E-state index in [2.05, 4.69) is 10.6 Å². The third-order valence-electron chi connectivity index (χ3n) is 4.08. The van der Waals surface area contributed by atoms with Crippen molar-refractivity contribution in [2.45, 2.75) is 39.3 Å². The number of hydrogen-bond donors (Lipinski definition) is 2. The Balaban J connectivity index is 1.98. The van der Waals surface area contributed by atoms with Crippen LogP contribution in [0.1, 0.15) is 31.9 Å². The average molecular weight is 359 g/mol. The molecule has 0 fully saturated rings. The molecule has 1 heterocycles. The Morgan fingerprint density at radius 1 is 1.12 bits per heavy atom. The number of carbonyl (C=O) groups is 1. The first kappa shape index (κ1) is 17.8. The number of hydrogen-bond acceptors (Lipinski definition) is 3. The molecule has 0 saturated heterocycles. The highest BCUT2D eigenvalue weighted by Crippen LogP contribution is 2.36. The van der Waals surface area contributed by atoms with E-state index in [-0.39, 0.29) is 0 Å². The van der Waals surface area contributed by atoms with Crippen molar-refractivity contribution >= 4 is 23.4 Å². The zero-order chi connectivity index (χ0) is 18.0. The number of carbonyl (C=O) groups excluding carboxylic acids is 1. The van der Waals surface area contributed by atoms with Crippen molar-refractivity contribution in [2.24, 2.45) is 0 Å². The minimum absolute atomic E-state index is 0.432. The highest BCUT2D eigenvalue weighted by molar-refractivity contribution is 6.33. The number of fused-ring (bicyclic) bond motifs is 1. The van der Waals surface area contributed by atoms with Crippen LogP contribution in [0.5, 0.6) is 0 Å². The van der Waals surface area contributed by atoms with Crippen molar-refractivity contribution in [1.82, 2.24) is 5.32 Å². The summed E-state index contributed by atoms with van der Waals surface area (Å²) >= 11 is 6.39. The smallest absolute Gasteiger partial charge is 0.412 e. The molecule has 0 bridgehead atoms. The molecule has 3 rings (SSSR count). The molecule has 25 heavy (non-hydrogen) atoms. The molecule has 5 heteroatoms. The zero-order valence-corrected chi connectivity index (χ0v) is 15.5. The molecule has 0 spiro atoms. The van der Waals surface area contributed by atoms with Gasteiger partial charge >= 0.3 is 6.09 Å². The van der Waals surface area contributed by atoms with Crippen LogP contribution in [0.2, 0.25) is 5.02 Å². The van der Waals surface area contributed by atoms with Crippen LogP contribution in [0.4, 0.5) is 10.5 Å². The van der Waals surface area contributed by atoms with Gasteiger partial charge in [-0.05, 0) is 62.6 Å². The van der Waals surface area contributed by atoms with E-state index in [1.807, 2.05) is 57.2 Å². The summed E-state index contributed by atoms with van der Waals surface area (Å²) in [6.07, 6.45) is 0.414. The number of halogens is 1. The van der Waals surface area contributed by atoms with Gasteiger partial charge in [-0.2, -0.15) is 0 Å². The zero-order valence-electron chi connectivity index (χ0n) is 14.8. The molecular formula is C20H23ClN2O2. The van der Waals surface area contributed by atoms with Crippen molar-refractivity contribution in [3.8, 4) is 11.1 Å². The molecule has 1 aliphatic heterocycles. The van der Waals surface area contributed by atoms with Crippen LogP contribution in [0.15, 0.2) is 36.4 Å². The van der Waals surface area contributed by atoms with Crippen LogP contribution >= 0.6 is 11.6 Å². The van der Waals surface area contributed by atoms with E-state index >= 15 is 0 Å². The highest BCUT2D eigenvalue weighted by atomic mass is 35.5. The first-order chi connectivity index (χ1) is 11.8. The van der Waals surface area contributed by atoms with Gasteiger partial charge in [-0.3, -0.25) is 5.32 Å². The van der Waals surface area contributed by atoms with E-state index in [1.165, 1.54) is 5.56 Å². The van der Waals surface area contributed by atoms with Gasteiger partial charge in [-0.15, -0.1) is 0 Å². The number of rotatable bonds is 2. The standard InChI is InChI=1S/C20H23ClN2O2/c1-20(2,3)25-19(24)23-18-9-8-13(14-6-4-5-7-17(14)21)16-12-22-11-10-15(16)18/h4-9,22H,10-12H2,1-3H3,(H,23,24). The number of anilines is 1. The molecule has 0 aromatic heterocycles. The molecule has 1 amide bonds. The summed E-state index contributed by atoms with van der Waals surface area (Å²) in [7, 11) is 0. The van der Waals surface area contributed by atoms with E-state index in [1.54, 1.807) is 0 Å². The summed E-state index contributed by atoms with van der Waals surface area (Å²) in [5.41, 5.74) is 4.70. The predicted octanol–water partition coefficient (Wildman–Crippen LogP) is 5.00. The van der Waals surface area contributed by atoms with Gasteiger partial charge in [-0.25, -0.2) is 4.79 Å². The molecule has 1 aliphatic rings. The molecule has 0 radical (unpaired) electrons. The van der Waals surface area contributed by atoms with Crippen LogP contribution in [0.3, 0.4) is 0 Å². The Morgan fingerprint density at radius 3 is 2.60 bits per heavy atom. The third-order valence-corrected chi connectivity index (χ3v) is 4.41. The largest absolute Gasteiger partial charge is 0.444 e. The molecule has 0 saturated carbocycles. The summed E-state index contributed by atoms with van der Waals surface area (Å²) in [6.45, 7) is 7.19. The highest BCUT2D eigenvalue weighted by Gasteiger charge is 2.22. The van der Waals surface area contributed by atoms with Crippen LogP contribution < -0.4 is 10.6 Å². The fourth-order valence-electron chi connectivity index (χ4n) is 3.07. The van der Waals surface area contributed by atoms with Gasteiger partial charge in [0.25, 0.3) is 0 Å². The SMILES string of the molecule is CC(C)(C)OC(=O)Nc1ccc(-c2ccccc2Cl)c2c1CCNC2. The maximum Gasteiger partial charge on any atom is 0.412 e. The van der Waals surface area contributed by atoms with Crippen LogP contribution in [-0.4, -0.2) is 18.2 Å². The van der Waals surface area contributed by atoms with Crippen LogP contribution in [0, 0.1) is 0 Å². The second kappa shape index (κ2) is 7.06. The van der Waals surface area contributed by atoms with Gasteiger partial charge in [0.15, 0.2) is 0 Å². The number of nitrogens with one attached hydrogen (secondary N) is 2. The molecule has 0 atom stereocenters. The van der Waals surface area contributed by atoms with E-state index in [9.17, 15) is 4.79 Å². The van der Waals surface area contributed by atoms with Crippen LogP contribution in [-0.2, 0) is 17.7 Å². The van der Waals surface area contributed by atoms with Gasteiger partial charge in [0.2, 0.25) is 0 Å². The van der Waals surface area contributed by atoms with E-state index < -0.39 is 11.7 Å². The normalized spacial score (nSPS) is 13.9. The molecule has 4 nitrogen and oxygen atoms in total. The van der Waals surface area contributed by atoms with Gasteiger partial charge in [0.05, 0.1) is 0 Å². The summed E-state index contributed by atoms with van der Waals surface area (Å²) in [5, 5.41) is 7.03. The minimum Gasteiger partial charge on any atom is -0.444 e. The average Bonchev–Trinajstić information content (AvgIpc) is 2.54. The maximum absolute atomic E-state index is 12.2. The third kappa shape index (κ3) is 4.14. The Morgan fingerprint density at radius 2 is 1.88 bits per heavy atom. The van der Waals surface area contributed by atoms with E-state index in [4.69, 9.17) is 16.3 Å². The predicted molar refractivity (Wildman–Crippen MR) is 102 cm³/mol. The Labute approximate surface area is 153 Å². The topological polar surface area (TPSA) is 50.4 Å². The molecule has 2 N–H and O–H groups in total. The fourth-order valence-corrected chi connectivity index (χ4v) is 3.31. The molecule has 2 aromatic rings. The summed E-state index contributed by atoms with van der Waals surface area (Å²) in [6, 6.07) is 11.8. The summed E-state index contributed by atoms with van der Waals surface area (Å²) in [5.74, 6) is 0. The Hall–Kier alpha value is -2.04. The number of amides is 1. The van der Waals surface area contributed by atoms with Gasteiger partial charge in [-0.1, -0.05) is 35.9 Å². The first-order valence-electron chi connectivity index (χ1n) is 8.45. The lowest BCUT2D eigenvalue weighted by Gasteiger charge is -2.25. The Bertz CT molecular complexity index is 797. The van der Waals surface area contributed by atoms with Crippen LogP contribution in [0.25, 0.3) is 11.1 Å². The van der Waals surface area contributed by atoms with Crippen molar-refractivity contribution in [1.29, 1.82) is 0 Å². The Kier molecular flexibility index (Phi) is 5.02. The van der Waals surface area contributed by atoms with Crippen molar-refractivity contribution < 1.29 is 9.53 Å². The van der Waals surface area contributed by atoms with E-state index in [0.717, 1.165) is 46.9 Å². The summed E-state index contributed by atoms with van der Waals surface area (Å²) in [4.78, 5) is 12.2. The molecular weight excluding hydrogens is 336 g/mol. The van der Waals surface area contributed by atoms with Crippen molar-refractivity contribution in [3.63, 3.8) is 0 Å². The lowest BCUT2D eigenvalue weighted by Crippen LogP contribution is -2.29. The second-order valence-corrected chi connectivity index (χ2v) is 7.56. The van der Waals surface area contributed by atoms with Gasteiger partial charge in [0, 0.05) is 22.8 Å². The quantitative estimate of drug-likeness (QED) is 0.794. The molecule has 0 aliphatic carbocycles. The van der Waals surface area contributed by atoms with Gasteiger partial charge in [0.1, 0.15) is 5.60 Å². The maximum atomic E-state index is 12.2. The van der Waals surface area contributed by atoms with Gasteiger partial charge < -0.3 is 10.1 Å². The minimum atomic E-state index is -0.525. The van der Waals surface area contributed by atoms with Crippen molar-refractivity contribution in [2.75, 3.05) is 11.9 Å². The first-order valence-corrected chi connectivity index (χ1v) is 8.83. The molecule has 0 unspecified atom stereocenters. The lowest BCUT2D eigenvalue weighted by atomic mass is 9.90. The lowest BCUT2D eigenvalue weighted by molar-refractivity contribution is 0.0635. The fraction of sp³-hybridized carbons (Fsp3) is 0.350. The summed E-state index contributed by atoms with van der Waals surface area (Å²) < 4.78 is 5.38. The number of benzene rings is 2.